The van der Waals surface area contributed by atoms with Gasteiger partial charge in [-0.05, 0) is 111 Å². The van der Waals surface area contributed by atoms with Crippen LogP contribution < -0.4 is 4.90 Å². The van der Waals surface area contributed by atoms with Gasteiger partial charge in [-0.15, -0.1) is 0 Å². The molecule has 0 unspecified atom stereocenters. The number of para-hydroxylation sites is 4. The summed E-state index contributed by atoms with van der Waals surface area (Å²) < 4.78 is 13.0. The summed E-state index contributed by atoms with van der Waals surface area (Å²) in [4.78, 5) is 2.39. The minimum absolute atomic E-state index is 0.895. The Morgan fingerprint density at radius 1 is 0.239 bits per heavy atom. The lowest BCUT2D eigenvalue weighted by atomic mass is 9.90. The molecule has 0 saturated heterocycles. The SMILES string of the molecule is c1ccc(-c2cc(-c3ccccc3)cc(-c3ccc(N(c4ccc(-c5cccc6c5oc5ccccc56)cc4)c4ccc(-c5cccc6c5oc5ccccc56)cc4)c4ccccc34)c2)cc1. The third-order valence-electron chi connectivity index (χ3n) is 13.3. The van der Waals surface area contributed by atoms with Gasteiger partial charge in [-0.1, -0.05) is 188 Å². The number of anilines is 3. The molecule has 314 valence electrons. The molecule has 0 aliphatic heterocycles. The van der Waals surface area contributed by atoms with E-state index in [-0.39, 0.29) is 0 Å². The van der Waals surface area contributed by atoms with Crippen molar-refractivity contribution in [1.29, 1.82) is 0 Å². The van der Waals surface area contributed by atoms with Gasteiger partial charge in [-0.25, -0.2) is 0 Å². The molecule has 2 aromatic heterocycles. The van der Waals surface area contributed by atoms with E-state index in [1.807, 2.05) is 24.3 Å². The van der Waals surface area contributed by atoms with Crippen molar-refractivity contribution in [2.75, 3.05) is 4.90 Å². The Hall–Kier alpha value is -8.92. The van der Waals surface area contributed by atoms with Crippen molar-refractivity contribution in [2.24, 2.45) is 0 Å². The van der Waals surface area contributed by atoms with Gasteiger partial charge in [0.2, 0.25) is 0 Å². The summed E-state index contributed by atoms with van der Waals surface area (Å²) >= 11 is 0. The van der Waals surface area contributed by atoms with Crippen molar-refractivity contribution in [3.63, 3.8) is 0 Å². The summed E-state index contributed by atoms with van der Waals surface area (Å²) in [6, 6.07) is 89.0. The Morgan fingerprint density at radius 3 is 1.16 bits per heavy atom. The molecule has 0 aliphatic carbocycles. The zero-order chi connectivity index (χ0) is 44.3. The van der Waals surface area contributed by atoms with Crippen molar-refractivity contribution in [3.8, 4) is 55.6 Å². The first-order chi connectivity index (χ1) is 33.2. The molecule has 0 fully saturated rings. The first-order valence-electron chi connectivity index (χ1n) is 22.8. The van der Waals surface area contributed by atoms with Crippen LogP contribution in [0.1, 0.15) is 0 Å². The third-order valence-corrected chi connectivity index (χ3v) is 13.3. The molecule has 3 heteroatoms. The highest BCUT2D eigenvalue weighted by molar-refractivity contribution is 6.11. The van der Waals surface area contributed by atoms with Gasteiger partial charge in [0.25, 0.3) is 0 Å². The summed E-state index contributed by atoms with van der Waals surface area (Å²) in [5.41, 5.74) is 18.2. The van der Waals surface area contributed by atoms with Crippen LogP contribution in [0.25, 0.3) is 110 Å². The molecule has 0 N–H and O–H groups in total. The molecule has 0 atom stereocenters. The first kappa shape index (κ1) is 38.5. The van der Waals surface area contributed by atoms with Crippen LogP contribution in [-0.4, -0.2) is 0 Å². The Labute approximate surface area is 388 Å². The molecular weight excluding hydrogens is 815 g/mol. The highest BCUT2D eigenvalue weighted by atomic mass is 16.3. The Bertz CT molecular complexity index is 3740. The second-order valence-corrected chi connectivity index (χ2v) is 17.2. The standard InChI is InChI=1S/C64H41NO2/c1-3-15-42(16-4-1)46-39-47(43-17-5-2-6-18-43)41-48(40-46)51-37-38-60(55-20-8-7-19-54(51)55)65(49-33-29-44(30-34-49)52-23-13-25-58-56-21-9-11-27-61(56)66-63(52)58)50-35-31-45(32-36-50)53-24-14-26-59-57-22-10-12-28-62(57)67-64(53)59/h1-41H. The third kappa shape index (κ3) is 6.67. The average Bonchev–Trinajstić information content (AvgIpc) is 3.99. The number of hydrogen-bond donors (Lipinski definition) is 0. The van der Waals surface area contributed by atoms with Gasteiger partial charge in [0.1, 0.15) is 22.3 Å². The minimum atomic E-state index is 0.895. The number of rotatable bonds is 8. The zero-order valence-electron chi connectivity index (χ0n) is 36.4. The van der Waals surface area contributed by atoms with Crippen LogP contribution >= 0.6 is 0 Å². The van der Waals surface area contributed by atoms with E-state index in [0.29, 0.717) is 0 Å². The fourth-order valence-corrected chi connectivity index (χ4v) is 10.1. The average molecular weight is 856 g/mol. The van der Waals surface area contributed by atoms with Crippen LogP contribution in [0.2, 0.25) is 0 Å². The predicted molar refractivity (Wildman–Crippen MR) is 280 cm³/mol. The van der Waals surface area contributed by atoms with Crippen molar-refractivity contribution in [1.82, 2.24) is 0 Å². The molecule has 0 saturated carbocycles. The van der Waals surface area contributed by atoms with Gasteiger partial charge in [-0.3, -0.25) is 0 Å². The van der Waals surface area contributed by atoms with Crippen molar-refractivity contribution in [3.05, 3.63) is 249 Å². The Balaban J connectivity index is 0.968. The molecule has 3 nitrogen and oxygen atoms in total. The van der Waals surface area contributed by atoms with Crippen LogP contribution in [0.3, 0.4) is 0 Å². The molecule has 0 amide bonds. The molecule has 2 heterocycles. The second kappa shape index (κ2) is 16.0. The molecular formula is C64H41NO2. The molecule has 0 radical (unpaired) electrons. The first-order valence-corrected chi connectivity index (χ1v) is 22.8. The summed E-state index contributed by atoms with van der Waals surface area (Å²) in [5.74, 6) is 0. The molecule has 13 aromatic rings. The monoisotopic (exact) mass is 855 g/mol. The molecule has 0 aliphatic rings. The van der Waals surface area contributed by atoms with Crippen molar-refractivity contribution in [2.45, 2.75) is 0 Å². The summed E-state index contributed by atoms with van der Waals surface area (Å²) in [6.07, 6.45) is 0. The molecule has 11 aromatic carbocycles. The maximum absolute atomic E-state index is 6.49. The van der Waals surface area contributed by atoms with Crippen LogP contribution in [0.15, 0.2) is 258 Å². The highest BCUT2D eigenvalue weighted by Gasteiger charge is 2.20. The van der Waals surface area contributed by atoms with E-state index in [1.54, 1.807) is 0 Å². The lowest BCUT2D eigenvalue weighted by molar-refractivity contribution is 0.669. The van der Waals surface area contributed by atoms with Crippen molar-refractivity contribution >= 4 is 71.7 Å². The topological polar surface area (TPSA) is 29.5 Å². The molecule has 0 spiro atoms. The zero-order valence-corrected chi connectivity index (χ0v) is 36.4. The van der Waals surface area contributed by atoms with Gasteiger partial charge in [0.05, 0.1) is 5.69 Å². The van der Waals surface area contributed by atoms with E-state index in [0.717, 1.165) is 88.6 Å². The van der Waals surface area contributed by atoms with E-state index in [1.165, 1.54) is 38.8 Å². The number of hydrogen-bond acceptors (Lipinski definition) is 3. The largest absolute Gasteiger partial charge is 0.455 e. The van der Waals surface area contributed by atoms with Gasteiger partial charge in [0, 0.05) is 49.4 Å². The fourth-order valence-electron chi connectivity index (χ4n) is 10.1. The highest BCUT2D eigenvalue weighted by Crippen LogP contribution is 2.45. The van der Waals surface area contributed by atoms with E-state index in [2.05, 4.69) is 229 Å². The van der Waals surface area contributed by atoms with Crippen LogP contribution in [0, 0.1) is 0 Å². The van der Waals surface area contributed by atoms with Gasteiger partial charge in [-0.2, -0.15) is 0 Å². The van der Waals surface area contributed by atoms with E-state index in [4.69, 9.17) is 8.83 Å². The van der Waals surface area contributed by atoms with Gasteiger partial charge in [0.15, 0.2) is 0 Å². The second-order valence-electron chi connectivity index (χ2n) is 17.2. The van der Waals surface area contributed by atoms with E-state index < -0.39 is 0 Å². The van der Waals surface area contributed by atoms with E-state index >= 15 is 0 Å². The fraction of sp³-hybridized carbons (Fsp3) is 0. The predicted octanol–water partition coefficient (Wildman–Crippen LogP) is 18.4. The van der Waals surface area contributed by atoms with Crippen LogP contribution in [0.4, 0.5) is 17.1 Å². The number of fused-ring (bicyclic) bond motifs is 7. The lowest BCUT2D eigenvalue weighted by Crippen LogP contribution is -2.10. The Morgan fingerprint density at radius 2 is 0.657 bits per heavy atom. The molecule has 13 rings (SSSR count). The van der Waals surface area contributed by atoms with Crippen LogP contribution in [0.5, 0.6) is 0 Å². The quantitative estimate of drug-likeness (QED) is 0.152. The smallest absolute Gasteiger partial charge is 0.143 e. The summed E-state index contributed by atoms with van der Waals surface area (Å²) in [5, 5.41) is 6.82. The summed E-state index contributed by atoms with van der Waals surface area (Å²) in [6.45, 7) is 0. The van der Waals surface area contributed by atoms with E-state index in [9.17, 15) is 0 Å². The van der Waals surface area contributed by atoms with Gasteiger partial charge < -0.3 is 13.7 Å². The minimum Gasteiger partial charge on any atom is -0.455 e. The van der Waals surface area contributed by atoms with Crippen molar-refractivity contribution < 1.29 is 8.83 Å². The number of furan rings is 2. The maximum atomic E-state index is 6.49. The maximum Gasteiger partial charge on any atom is 0.143 e. The normalized spacial score (nSPS) is 11.6. The lowest BCUT2D eigenvalue weighted by Gasteiger charge is -2.28. The molecule has 0 bridgehead atoms. The number of nitrogens with zero attached hydrogens (tertiary/aromatic N) is 1. The van der Waals surface area contributed by atoms with Crippen LogP contribution in [-0.2, 0) is 0 Å². The number of benzene rings is 11. The summed E-state index contributed by atoms with van der Waals surface area (Å²) in [7, 11) is 0. The van der Waals surface area contributed by atoms with Gasteiger partial charge >= 0.3 is 0 Å². The molecule has 67 heavy (non-hydrogen) atoms. The Kier molecular flexibility index (Phi) is 9.17.